The van der Waals surface area contributed by atoms with Crippen molar-refractivity contribution in [1.29, 1.82) is 0 Å². The Bertz CT molecular complexity index is 828. The van der Waals surface area contributed by atoms with Crippen molar-refractivity contribution in [2.75, 3.05) is 4.90 Å². The lowest BCUT2D eigenvalue weighted by Gasteiger charge is -2.22. The maximum Gasteiger partial charge on any atom is 0.260 e. The minimum atomic E-state index is -0.504. The van der Waals surface area contributed by atoms with E-state index < -0.39 is 11.8 Å². The molecule has 2 aromatic carbocycles. The van der Waals surface area contributed by atoms with Crippen LogP contribution in [-0.4, -0.2) is 11.8 Å². The van der Waals surface area contributed by atoms with Crippen LogP contribution in [0.25, 0.3) is 0 Å². The molecule has 0 unspecified atom stereocenters. The summed E-state index contributed by atoms with van der Waals surface area (Å²) < 4.78 is 0. The molecule has 0 N–H and O–H groups in total. The SMILES string of the molecule is C=C(C)C(=O)N(C(=O)C(=C)C)c1ccccc1N=Nc1ccccc1. The molecule has 0 aliphatic rings. The minimum absolute atomic E-state index is 0.240. The van der Waals surface area contributed by atoms with Crippen molar-refractivity contribution in [2.45, 2.75) is 13.8 Å². The van der Waals surface area contributed by atoms with Crippen LogP contribution in [0.3, 0.4) is 0 Å². The molecular weight excluding hydrogens is 314 g/mol. The van der Waals surface area contributed by atoms with Crippen LogP contribution in [0.1, 0.15) is 13.8 Å². The number of nitrogens with zero attached hydrogens (tertiary/aromatic N) is 3. The van der Waals surface area contributed by atoms with Gasteiger partial charge in [0.15, 0.2) is 0 Å². The maximum atomic E-state index is 12.5. The fraction of sp³-hybridized carbons (Fsp3) is 0.100. The number of hydrogen-bond acceptors (Lipinski definition) is 4. The zero-order chi connectivity index (χ0) is 18.4. The quantitative estimate of drug-likeness (QED) is 0.563. The molecule has 0 heterocycles. The van der Waals surface area contributed by atoms with E-state index in [1.54, 1.807) is 38.1 Å². The van der Waals surface area contributed by atoms with Crippen LogP contribution < -0.4 is 4.90 Å². The molecule has 5 heteroatoms. The molecule has 2 rings (SSSR count). The molecular formula is C20H19N3O2. The standard InChI is InChI=1S/C20H19N3O2/c1-14(2)19(24)23(20(25)15(3)4)18-13-9-8-12-17(18)22-21-16-10-6-5-7-11-16/h5-13H,1,3H2,2,4H3. The van der Waals surface area contributed by atoms with Crippen molar-refractivity contribution in [1.82, 2.24) is 0 Å². The van der Waals surface area contributed by atoms with Gasteiger partial charge in [-0.05, 0) is 38.1 Å². The first-order chi connectivity index (χ1) is 11.9. The summed E-state index contributed by atoms with van der Waals surface area (Å²) in [7, 11) is 0. The predicted octanol–water partition coefficient (Wildman–Crippen LogP) is 5.11. The van der Waals surface area contributed by atoms with Gasteiger partial charge >= 0.3 is 0 Å². The third kappa shape index (κ3) is 4.35. The highest BCUT2D eigenvalue weighted by molar-refractivity contribution is 6.25. The van der Waals surface area contributed by atoms with E-state index in [4.69, 9.17) is 0 Å². The molecule has 126 valence electrons. The lowest BCUT2D eigenvalue weighted by molar-refractivity contribution is -0.122. The fourth-order valence-corrected chi connectivity index (χ4v) is 2.04. The van der Waals surface area contributed by atoms with E-state index in [2.05, 4.69) is 23.4 Å². The van der Waals surface area contributed by atoms with E-state index >= 15 is 0 Å². The van der Waals surface area contributed by atoms with E-state index in [9.17, 15) is 9.59 Å². The van der Waals surface area contributed by atoms with Crippen LogP contribution in [0.4, 0.5) is 17.1 Å². The average molecular weight is 333 g/mol. The highest BCUT2D eigenvalue weighted by atomic mass is 16.2. The molecule has 2 aromatic rings. The van der Waals surface area contributed by atoms with Gasteiger partial charge in [-0.2, -0.15) is 5.11 Å². The highest BCUT2D eigenvalue weighted by Gasteiger charge is 2.26. The molecule has 0 spiro atoms. The normalized spacial score (nSPS) is 10.5. The van der Waals surface area contributed by atoms with Crippen LogP contribution >= 0.6 is 0 Å². The Balaban J connectivity index is 2.50. The molecule has 2 amide bonds. The number of carbonyl (C=O) groups excluding carboxylic acids is 2. The fourth-order valence-electron chi connectivity index (χ4n) is 2.04. The summed E-state index contributed by atoms with van der Waals surface area (Å²) in [5, 5.41) is 8.36. The zero-order valence-electron chi connectivity index (χ0n) is 14.3. The number of rotatable bonds is 5. The van der Waals surface area contributed by atoms with Crippen molar-refractivity contribution >= 4 is 28.9 Å². The molecule has 0 aliphatic heterocycles. The average Bonchev–Trinajstić information content (AvgIpc) is 2.61. The molecule has 5 nitrogen and oxygen atoms in total. The summed E-state index contributed by atoms with van der Waals surface area (Å²) >= 11 is 0. The van der Waals surface area contributed by atoms with Crippen molar-refractivity contribution < 1.29 is 9.59 Å². The van der Waals surface area contributed by atoms with Crippen LogP contribution in [0.15, 0.2) is 89.1 Å². The third-order valence-corrected chi connectivity index (χ3v) is 3.29. The van der Waals surface area contributed by atoms with Gasteiger partial charge in [0.1, 0.15) is 5.69 Å². The first-order valence-corrected chi connectivity index (χ1v) is 7.67. The first-order valence-electron chi connectivity index (χ1n) is 7.67. The number of amides is 2. The molecule has 0 atom stereocenters. The van der Waals surface area contributed by atoms with Crippen molar-refractivity contribution in [2.24, 2.45) is 10.2 Å². The van der Waals surface area contributed by atoms with Gasteiger partial charge in [0.25, 0.3) is 11.8 Å². The molecule has 0 aliphatic carbocycles. The smallest absolute Gasteiger partial charge is 0.260 e. The number of hydrogen-bond donors (Lipinski definition) is 0. The van der Waals surface area contributed by atoms with Gasteiger partial charge in [-0.15, -0.1) is 5.11 Å². The van der Waals surface area contributed by atoms with Gasteiger partial charge < -0.3 is 0 Å². The van der Waals surface area contributed by atoms with Crippen molar-refractivity contribution in [3.05, 3.63) is 78.9 Å². The molecule has 25 heavy (non-hydrogen) atoms. The van der Waals surface area contributed by atoms with Gasteiger partial charge in [0.05, 0.1) is 11.4 Å². The molecule has 0 saturated carbocycles. The number of para-hydroxylation sites is 1. The number of anilines is 1. The van der Waals surface area contributed by atoms with Crippen LogP contribution in [-0.2, 0) is 9.59 Å². The van der Waals surface area contributed by atoms with E-state index in [-0.39, 0.29) is 11.1 Å². The lowest BCUT2D eigenvalue weighted by Crippen LogP contribution is -2.37. The van der Waals surface area contributed by atoms with E-state index in [1.807, 2.05) is 30.3 Å². The lowest BCUT2D eigenvalue weighted by atomic mass is 10.1. The number of carbonyl (C=O) groups is 2. The summed E-state index contributed by atoms with van der Waals surface area (Å²) in [5.74, 6) is -1.01. The minimum Gasteiger partial charge on any atom is -0.269 e. The zero-order valence-corrected chi connectivity index (χ0v) is 14.3. The summed E-state index contributed by atoms with van der Waals surface area (Å²) in [6.45, 7) is 10.4. The summed E-state index contributed by atoms with van der Waals surface area (Å²) in [5.41, 5.74) is 1.88. The van der Waals surface area contributed by atoms with Crippen LogP contribution in [0.5, 0.6) is 0 Å². The van der Waals surface area contributed by atoms with E-state index in [1.165, 1.54) is 0 Å². The highest BCUT2D eigenvalue weighted by Crippen LogP contribution is 2.31. The van der Waals surface area contributed by atoms with E-state index in [0.29, 0.717) is 17.1 Å². The Labute approximate surface area is 147 Å². The Kier molecular flexibility index (Phi) is 5.74. The van der Waals surface area contributed by atoms with Crippen LogP contribution in [0.2, 0.25) is 0 Å². The molecule has 0 saturated heterocycles. The van der Waals surface area contributed by atoms with Gasteiger partial charge in [0.2, 0.25) is 0 Å². The number of azo groups is 1. The van der Waals surface area contributed by atoms with E-state index in [0.717, 1.165) is 4.90 Å². The Morgan fingerprint density at radius 1 is 0.800 bits per heavy atom. The number of benzene rings is 2. The second-order valence-electron chi connectivity index (χ2n) is 5.53. The molecule has 0 bridgehead atoms. The predicted molar refractivity (Wildman–Crippen MR) is 99.2 cm³/mol. The van der Waals surface area contributed by atoms with Gasteiger partial charge in [-0.3, -0.25) is 9.59 Å². The molecule has 0 radical (unpaired) electrons. The maximum absolute atomic E-state index is 12.5. The third-order valence-electron chi connectivity index (χ3n) is 3.29. The van der Waals surface area contributed by atoms with Gasteiger partial charge in [0, 0.05) is 11.1 Å². The largest absolute Gasteiger partial charge is 0.269 e. The summed E-state index contributed by atoms with van der Waals surface area (Å²) in [6.07, 6.45) is 0. The molecule has 0 aromatic heterocycles. The Morgan fingerprint density at radius 2 is 1.32 bits per heavy atom. The van der Waals surface area contributed by atoms with Crippen LogP contribution in [0, 0.1) is 0 Å². The Hall–Kier alpha value is -3.34. The van der Waals surface area contributed by atoms with Crippen molar-refractivity contribution in [3.8, 4) is 0 Å². The monoisotopic (exact) mass is 333 g/mol. The molecule has 0 fully saturated rings. The van der Waals surface area contributed by atoms with Gasteiger partial charge in [-0.25, -0.2) is 4.90 Å². The second-order valence-corrected chi connectivity index (χ2v) is 5.53. The first kappa shape index (κ1) is 18.0. The summed E-state index contributed by atoms with van der Waals surface area (Å²) in [6, 6.07) is 16.0. The topological polar surface area (TPSA) is 62.1 Å². The van der Waals surface area contributed by atoms with Gasteiger partial charge in [-0.1, -0.05) is 43.5 Å². The Morgan fingerprint density at radius 3 is 1.88 bits per heavy atom. The van der Waals surface area contributed by atoms with Crippen molar-refractivity contribution in [3.63, 3.8) is 0 Å². The second kappa shape index (κ2) is 7.97. The summed E-state index contributed by atoms with van der Waals surface area (Å²) in [4.78, 5) is 26.0. The number of imide groups is 1.